The first-order chi connectivity index (χ1) is 10.8. The Kier molecular flexibility index (Phi) is 5.48. The van der Waals surface area contributed by atoms with Gasteiger partial charge in [-0.3, -0.25) is 5.32 Å². The molecule has 23 heavy (non-hydrogen) atoms. The molecular weight excluding hydrogens is 294 g/mol. The van der Waals surface area contributed by atoms with Crippen LogP contribution in [0.2, 0.25) is 0 Å². The van der Waals surface area contributed by atoms with Crippen molar-refractivity contribution < 1.29 is 5.11 Å². The summed E-state index contributed by atoms with van der Waals surface area (Å²) in [5, 5.41) is 26.5. The molecule has 2 aliphatic heterocycles. The van der Waals surface area contributed by atoms with Crippen molar-refractivity contribution in [3.05, 3.63) is 11.4 Å². The van der Waals surface area contributed by atoms with Crippen molar-refractivity contribution in [3.63, 3.8) is 0 Å². The SMILES string of the molecule is CCNC1=NC(NCC)NC2=C1N[C@@H](C)N=C2NCC(C)(C)O. The lowest BCUT2D eigenvalue weighted by molar-refractivity contribution is 0.0848. The summed E-state index contributed by atoms with van der Waals surface area (Å²) < 4.78 is 0. The molecule has 0 aromatic carbocycles. The Hall–Kier alpha value is -1.80. The highest BCUT2D eigenvalue weighted by molar-refractivity contribution is 6.10. The molecule has 2 aliphatic rings. The zero-order valence-corrected chi connectivity index (χ0v) is 14.6. The van der Waals surface area contributed by atoms with E-state index in [-0.39, 0.29) is 12.5 Å². The zero-order chi connectivity index (χ0) is 17.0. The summed E-state index contributed by atoms with van der Waals surface area (Å²) >= 11 is 0. The van der Waals surface area contributed by atoms with E-state index in [9.17, 15) is 5.11 Å². The average molecular weight is 323 g/mol. The van der Waals surface area contributed by atoms with Crippen LogP contribution in [0.25, 0.3) is 0 Å². The number of hydrogen-bond donors (Lipinski definition) is 6. The molecule has 0 radical (unpaired) electrons. The van der Waals surface area contributed by atoms with Crippen molar-refractivity contribution in [1.82, 2.24) is 26.6 Å². The van der Waals surface area contributed by atoms with E-state index in [1.54, 1.807) is 13.8 Å². The van der Waals surface area contributed by atoms with Gasteiger partial charge in [-0.2, -0.15) is 0 Å². The number of nitrogens with zero attached hydrogens (tertiary/aromatic N) is 2. The second-order valence-corrected chi connectivity index (χ2v) is 6.33. The normalized spacial score (nSPS) is 24.1. The molecule has 1 unspecified atom stereocenters. The number of likely N-dealkylation sites (N-methyl/N-ethyl adjacent to an activating group) is 1. The van der Waals surface area contributed by atoms with Gasteiger partial charge in [0.2, 0.25) is 0 Å². The third-order valence-corrected chi connectivity index (χ3v) is 3.37. The fourth-order valence-electron chi connectivity index (χ4n) is 2.41. The maximum Gasteiger partial charge on any atom is 0.176 e. The number of nitrogens with one attached hydrogen (secondary N) is 5. The third-order valence-electron chi connectivity index (χ3n) is 3.37. The quantitative estimate of drug-likeness (QED) is 0.404. The van der Waals surface area contributed by atoms with Gasteiger partial charge in [0, 0.05) is 13.1 Å². The van der Waals surface area contributed by atoms with Crippen LogP contribution in [0.4, 0.5) is 0 Å². The van der Waals surface area contributed by atoms with Gasteiger partial charge >= 0.3 is 0 Å². The minimum Gasteiger partial charge on any atom is -0.389 e. The van der Waals surface area contributed by atoms with Gasteiger partial charge in [0.15, 0.2) is 12.1 Å². The smallest absolute Gasteiger partial charge is 0.176 e. The molecule has 8 nitrogen and oxygen atoms in total. The minimum atomic E-state index is -0.814. The second kappa shape index (κ2) is 7.18. The zero-order valence-electron chi connectivity index (χ0n) is 14.6. The van der Waals surface area contributed by atoms with E-state index >= 15 is 0 Å². The molecule has 0 aromatic heterocycles. The standard InChI is InChI=1S/C15H29N7O/c1-6-16-12-10-11(21-14(22-12)17-7-2)13(20-9(3)19-10)18-8-15(4,5)23/h9,14,17,19,21,23H,6-8H2,1-5H3,(H,16,22)(H,18,20)/t9-,14?/m1/s1. The molecule has 2 heterocycles. The molecule has 130 valence electrons. The van der Waals surface area contributed by atoms with Crippen LogP contribution in [-0.2, 0) is 0 Å². The Morgan fingerprint density at radius 1 is 1.04 bits per heavy atom. The van der Waals surface area contributed by atoms with Crippen LogP contribution in [0, 0.1) is 0 Å². The van der Waals surface area contributed by atoms with Gasteiger partial charge in [-0.05, 0) is 34.2 Å². The molecule has 0 aromatic rings. The van der Waals surface area contributed by atoms with Crippen molar-refractivity contribution in [1.29, 1.82) is 0 Å². The molecule has 2 rings (SSSR count). The summed E-state index contributed by atoms with van der Waals surface area (Å²) in [5.41, 5.74) is 0.956. The second-order valence-electron chi connectivity index (χ2n) is 6.33. The number of aliphatic imine (C=N–C) groups is 2. The van der Waals surface area contributed by atoms with Crippen LogP contribution in [0.15, 0.2) is 21.4 Å². The van der Waals surface area contributed by atoms with Crippen molar-refractivity contribution in [2.45, 2.75) is 52.7 Å². The first-order valence-corrected chi connectivity index (χ1v) is 8.21. The Labute approximate surface area is 137 Å². The molecule has 0 saturated heterocycles. The Morgan fingerprint density at radius 2 is 1.70 bits per heavy atom. The molecule has 0 amide bonds. The van der Waals surface area contributed by atoms with E-state index < -0.39 is 5.60 Å². The number of rotatable bonds is 5. The average Bonchev–Trinajstić information content (AvgIpc) is 2.45. The maximum atomic E-state index is 9.96. The van der Waals surface area contributed by atoms with Gasteiger partial charge in [0.1, 0.15) is 23.4 Å². The number of aliphatic hydroxyl groups is 1. The highest BCUT2D eigenvalue weighted by Crippen LogP contribution is 2.15. The lowest BCUT2D eigenvalue weighted by Gasteiger charge is -2.34. The minimum absolute atomic E-state index is 0.0700. The van der Waals surface area contributed by atoms with Gasteiger partial charge < -0.3 is 26.4 Å². The number of hydrogen-bond acceptors (Lipinski definition) is 8. The summed E-state index contributed by atoms with van der Waals surface area (Å²) in [6.45, 7) is 11.6. The molecule has 0 bridgehead atoms. The molecular formula is C15H29N7O. The first-order valence-electron chi connectivity index (χ1n) is 8.21. The highest BCUT2D eigenvalue weighted by Gasteiger charge is 2.30. The van der Waals surface area contributed by atoms with Crippen LogP contribution >= 0.6 is 0 Å². The van der Waals surface area contributed by atoms with Crippen molar-refractivity contribution in [3.8, 4) is 0 Å². The summed E-state index contributed by atoms with van der Waals surface area (Å²) in [5.74, 6) is 1.55. The van der Waals surface area contributed by atoms with E-state index in [2.05, 4.69) is 36.6 Å². The Balaban J connectivity index is 2.27. The summed E-state index contributed by atoms with van der Waals surface area (Å²) in [7, 11) is 0. The Morgan fingerprint density at radius 3 is 2.30 bits per heavy atom. The summed E-state index contributed by atoms with van der Waals surface area (Å²) in [4.78, 5) is 9.27. The van der Waals surface area contributed by atoms with Gasteiger partial charge in [-0.25, -0.2) is 9.98 Å². The van der Waals surface area contributed by atoms with Gasteiger partial charge in [-0.15, -0.1) is 0 Å². The maximum absolute atomic E-state index is 9.96. The Bertz CT molecular complexity index is 518. The predicted molar refractivity (Wildman–Crippen MR) is 93.1 cm³/mol. The van der Waals surface area contributed by atoms with Crippen LogP contribution in [0.1, 0.15) is 34.6 Å². The molecule has 6 N–H and O–H groups in total. The fourth-order valence-corrected chi connectivity index (χ4v) is 2.41. The van der Waals surface area contributed by atoms with E-state index in [1.165, 1.54) is 0 Å². The monoisotopic (exact) mass is 323 g/mol. The van der Waals surface area contributed by atoms with Crippen LogP contribution in [0.5, 0.6) is 0 Å². The van der Waals surface area contributed by atoms with E-state index in [4.69, 9.17) is 0 Å². The summed E-state index contributed by atoms with van der Waals surface area (Å²) in [6, 6.07) is 0. The van der Waals surface area contributed by atoms with Crippen molar-refractivity contribution >= 4 is 11.7 Å². The lowest BCUT2D eigenvalue weighted by atomic mass is 10.1. The predicted octanol–water partition coefficient (Wildman–Crippen LogP) is -0.589. The van der Waals surface area contributed by atoms with E-state index in [0.717, 1.165) is 36.2 Å². The van der Waals surface area contributed by atoms with E-state index in [1.807, 2.05) is 20.8 Å². The largest absolute Gasteiger partial charge is 0.389 e. The van der Waals surface area contributed by atoms with Gasteiger partial charge in [-0.1, -0.05) is 6.92 Å². The number of amidine groups is 2. The van der Waals surface area contributed by atoms with Crippen molar-refractivity contribution in [2.24, 2.45) is 9.98 Å². The van der Waals surface area contributed by atoms with Crippen LogP contribution in [0.3, 0.4) is 0 Å². The van der Waals surface area contributed by atoms with Crippen LogP contribution < -0.4 is 26.6 Å². The van der Waals surface area contributed by atoms with E-state index in [0.29, 0.717) is 6.54 Å². The molecule has 2 atom stereocenters. The highest BCUT2D eigenvalue weighted by atomic mass is 16.3. The fraction of sp³-hybridized carbons (Fsp3) is 0.733. The van der Waals surface area contributed by atoms with Gasteiger partial charge in [0.05, 0.1) is 5.60 Å². The van der Waals surface area contributed by atoms with Crippen molar-refractivity contribution in [2.75, 3.05) is 19.6 Å². The molecule has 0 aliphatic carbocycles. The molecule has 0 saturated carbocycles. The lowest BCUT2D eigenvalue weighted by Crippen LogP contribution is -2.56. The molecule has 8 heteroatoms. The van der Waals surface area contributed by atoms with Crippen LogP contribution in [-0.4, -0.2) is 54.5 Å². The van der Waals surface area contributed by atoms with Gasteiger partial charge in [0.25, 0.3) is 0 Å². The summed E-state index contributed by atoms with van der Waals surface area (Å²) in [6.07, 6.45) is -0.281. The molecule has 0 fully saturated rings. The first kappa shape index (κ1) is 17.6. The topological polar surface area (TPSA) is 105 Å². The molecule has 0 spiro atoms. The third kappa shape index (κ3) is 4.59.